The summed E-state index contributed by atoms with van der Waals surface area (Å²) in [6.45, 7) is 0. The van der Waals surface area contributed by atoms with Gasteiger partial charge < -0.3 is 10.0 Å². The number of hydrogen-bond donors (Lipinski definition) is 2. The maximum absolute atomic E-state index is 9.39. The van der Waals surface area contributed by atoms with Crippen LogP contribution in [0.1, 0.15) is 0 Å². The van der Waals surface area contributed by atoms with Gasteiger partial charge in [0.05, 0.1) is 0 Å². The van der Waals surface area contributed by atoms with Crippen LogP contribution in [-0.4, -0.2) is 17.2 Å². The zero-order chi connectivity index (χ0) is 18.4. The molecule has 0 spiro atoms. The largest absolute Gasteiger partial charge is 0.488 e. The van der Waals surface area contributed by atoms with Gasteiger partial charge in [0.1, 0.15) is 0 Å². The Morgan fingerprint density at radius 2 is 1.19 bits per heavy atom. The van der Waals surface area contributed by atoms with Crippen LogP contribution in [-0.2, 0) is 0 Å². The fourth-order valence-electron chi connectivity index (χ4n) is 3.89. The van der Waals surface area contributed by atoms with Crippen LogP contribution in [0.3, 0.4) is 0 Å². The topological polar surface area (TPSA) is 40.5 Å². The van der Waals surface area contributed by atoms with Gasteiger partial charge in [-0.2, -0.15) is 0 Å². The summed E-state index contributed by atoms with van der Waals surface area (Å²) >= 11 is 0. The Morgan fingerprint density at radius 3 is 2.00 bits per heavy atom. The van der Waals surface area contributed by atoms with Gasteiger partial charge in [0, 0.05) is 0 Å². The summed E-state index contributed by atoms with van der Waals surface area (Å²) in [6.07, 6.45) is 0. The van der Waals surface area contributed by atoms with Crippen LogP contribution >= 0.6 is 0 Å². The van der Waals surface area contributed by atoms with Gasteiger partial charge in [-0.05, 0) is 61.0 Å². The lowest BCUT2D eigenvalue weighted by Crippen LogP contribution is -2.29. The molecule has 0 aliphatic rings. The van der Waals surface area contributed by atoms with Gasteiger partial charge in [0.2, 0.25) is 0 Å². The highest BCUT2D eigenvalue weighted by atomic mass is 16.4. The van der Waals surface area contributed by atoms with Crippen molar-refractivity contribution in [3.63, 3.8) is 0 Å². The Kier molecular flexibility index (Phi) is 3.71. The molecule has 0 bridgehead atoms. The van der Waals surface area contributed by atoms with Crippen LogP contribution in [0.15, 0.2) is 91.0 Å². The molecular formula is C24H17BO2. The highest BCUT2D eigenvalue weighted by Gasteiger charge is 2.12. The fraction of sp³-hybridized carbons (Fsp3) is 0. The van der Waals surface area contributed by atoms with Crippen molar-refractivity contribution in [3.8, 4) is 11.1 Å². The highest BCUT2D eigenvalue weighted by Crippen LogP contribution is 2.35. The summed E-state index contributed by atoms with van der Waals surface area (Å²) in [6, 6.07) is 31.1. The zero-order valence-corrected chi connectivity index (χ0v) is 14.6. The van der Waals surface area contributed by atoms with Crippen molar-refractivity contribution in [1.82, 2.24) is 0 Å². The zero-order valence-electron chi connectivity index (χ0n) is 14.6. The number of hydrogen-bond acceptors (Lipinski definition) is 2. The first-order chi connectivity index (χ1) is 13.2. The molecule has 0 amide bonds. The molecule has 128 valence electrons. The van der Waals surface area contributed by atoms with Crippen LogP contribution in [0.4, 0.5) is 0 Å². The molecule has 27 heavy (non-hydrogen) atoms. The summed E-state index contributed by atoms with van der Waals surface area (Å²) in [5.41, 5.74) is 2.87. The van der Waals surface area contributed by atoms with Gasteiger partial charge >= 0.3 is 7.12 Å². The van der Waals surface area contributed by atoms with Crippen molar-refractivity contribution in [1.29, 1.82) is 0 Å². The van der Waals surface area contributed by atoms with Gasteiger partial charge in [0.15, 0.2) is 0 Å². The molecule has 0 aromatic heterocycles. The molecule has 5 rings (SSSR count). The van der Waals surface area contributed by atoms with E-state index in [1.165, 1.54) is 27.1 Å². The van der Waals surface area contributed by atoms with E-state index in [2.05, 4.69) is 66.7 Å². The summed E-state index contributed by atoms with van der Waals surface area (Å²) in [5, 5.41) is 25.8. The van der Waals surface area contributed by atoms with Crippen molar-refractivity contribution in [2.24, 2.45) is 0 Å². The summed E-state index contributed by atoms with van der Waals surface area (Å²) < 4.78 is 0. The third-order valence-electron chi connectivity index (χ3n) is 5.24. The van der Waals surface area contributed by atoms with E-state index in [-0.39, 0.29) is 0 Å². The molecule has 0 fully saturated rings. The molecule has 0 heterocycles. The van der Waals surface area contributed by atoms with Crippen molar-refractivity contribution in [2.45, 2.75) is 0 Å². The lowest BCUT2D eigenvalue weighted by molar-refractivity contribution is 0.426. The summed E-state index contributed by atoms with van der Waals surface area (Å²) in [5.74, 6) is 0. The van der Waals surface area contributed by atoms with E-state index >= 15 is 0 Å². The molecule has 0 saturated heterocycles. The third-order valence-corrected chi connectivity index (χ3v) is 5.24. The third kappa shape index (κ3) is 2.69. The average Bonchev–Trinajstić information content (AvgIpc) is 2.72. The molecule has 2 N–H and O–H groups in total. The van der Waals surface area contributed by atoms with Gasteiger partial charge in [-0.25, -0.2) is 0 Å². The van der Waals surface area contributed by atoms with E-state index < -0.39 is 7.12 Å². The minimum Gasteiger partial charge on any atom is -0.423 e. The van der Waals surface area contributed by atoms with Crippen LogP contribution in [0.25, 0.3) is 43.4 Å². The molecule has 5 aromatic carbocycles. The van der Waals surface area contributed by atoms with Crippen molar-refractivity contribution in [3.05, 3.63) is 91.0 Å². The summed E-state index contributed by atoms with van der Waals surface area (Å²) in [4.78, 5) is 0. The minimum atomic E-state index is -1.45. The Balaban J connectivity index is 1.78. The Morgan fingerprint density at radius 1 is 0.519 bits per heavy atom. The molecule has 5 aromatic rings. The Bertz CT molecular complexity index is 1310. The van der Waals surface area contributed by atoms with Crippen molar-refractivity contribution in [2.75, 3.05) is 0 Å². The van der Waals surface area contributed by atoms with Gasteiger partial charge in [-0.15, -0.1) is 0 Å². The van der Waals surface area contributed by atoms with E-state index in [0.717, 1.165) is 16.3 Å². The Labute approximate surface area is 157 Å². The van der Waals surface area contributed by atoms with Crippen LogP contribution < -0.4 is 5.46 Å². The SMILES string of the molecule is OB(O)c1ccc2cc(-c3cc4ccccc4c4ccccc34)ccc2c1. The maximum atomic E-state index is 9.39. The second-order valence-electron chi connectivity index (χ2n) is 6.89. The van der Waals surface area contributed by atoms with Gasteiger partial charge in [-0.3, -0.25) is 0 Å². The molecule has 0 aliphatic carbocycles. The maximum Gasteiger partial charge on any atom is 0.488 e. The van der Waals surface area contributed by atoms with E-state index in [1.54, 1.807) is 6.07 Å². The van der Waals surface area contributed by atoms with E-state index in [9.17, 15) is 10.0 Å². The standard InChI is InChI=1S/C24H17BO2/c26-25(27)20-12-11-16-13-19(10-9-17(16)14-20)24-15-18-5-1-2-6-21(18)22-7-3-4-8-23(22)24/h1-15,26-27H. The monoisotopic (exact) mass is 348 g/mol. The minimum absolute atomic E-state index is 0.506. The van der Waals surface area contributed by atoms with Crippen LogP contribution in [0.5, 0.6) is 0 Å². The molecule has 3 heteroatoms. The lowest BCUT2D eigenvalue weighted by atomic mass is 9.79. The number of rotatable bonds is 2. The second kappa shape index (κ2) is 6.24. The lowest BCUT2D eigenvalue weighted by Gasteiger charge is -2.12. The number of fused-ring (bicyclic) bond motifs is 4. The predicted octanol–water partition coefficient (Wildman–Crippen LogP) is 4.49. The van der Waals surface area contributed by atoms with Gasteiger partial charge in [0.25, 0.3) is 0 Å². The highest BCUT2D eigenvalue weighted by molar-refractivity contribution is 6.58. The average molecular weight is 348 g/mol. The molecule has 0 aliphatic heterocycles. The smallest absolute Gasteiger partial charge is 0.423 e. The van der Waals surface area contributed by atoms with Crippen molar-refractivity contribution < 1.29 is 10.0 Å². The quantitative estimate of drug-likeness (QED) is 0.364. The number of benzene rings is 5. The second-order valence-corrected chi connectivity index (χ2v) is 6.89. The van der Waals surface area contributed by atoms with Crippen LogP contribution in [0.2, 0.25) is 0 Å². The van der Waals surface area contributed by atoms with E-state index in [0.29, 0.717) is 5.46 Å². The van der Waals surface area contributed by atoms with Gasteiger partial charge in [-0.1, -0.05) is 78.9 Å². The first-order valence-corrected chi connectivity index (χ1v) is 9.01. The fourth-order valence-corrected chi connectivity index (χ4v) is 3.89. The molecule has 0 atom stereocenters. The first-order valence-electron chi connectivity index (χ1n) is 9.01. The van der Waals surface area contributed by atoms with E-state index in [1.807, 2.05) is 18.2 Å². The normalized spacial score (nSPS) is 11.3. The first kappa shape index (κ1) is 16.1. The van der Waals surface area contributed by atoms with Crippen LogP contribution in [0, 0.1) is 0 Å². The molecule has 0 radical (unpaired) electrons. The molecule has 0 saturated carbocycles. The molecule has 2 nitrogen and oxygen atoms in total. The predicted molar refractivity (Wildman–Crippen MR) is 114 cm³/mol. The summed E-state index contributed by atoms with van der Waals surface area (Å²) in [7, 11) is -1.45. The molecular weight excluding hydrogens is 331 g/mol. The molecule has 0 unspecified atom stereocenters. The van der Waals surface area contributed by atoms with E-state index in [4.69, 9.17) is 0 Å². The van der Waals surface area contributed by atoms with Crippen molar-refractivity contribution >= 4 is 44.9 Å². The Hall–Kier alpha value is -3.14.